The van der Waals surface area contributed by atoms with Gasteiger partial charge in [0.05, 0.1) is 23.8 Å². The number of benzene rings is 1. The van der Waals surface area contributed by atoms with E-state index in [9.17, 15) is 37.0 Å². The third-order valence-corrected chi connectivity index (χ3v) is 11.6. The molecule has 49 heavy (non-hydrogen) atoms. The fourth-order valence-corrected chi connectivity index (χ4v) is 8.65. The molecule has 0 bridgehead atoms. The SMILES string of the molecule is C=C1/C(=C\C=C2/CCCC3(C)C(CCCC(OC(=O)Nc4c(F)c(F)c(F)c(F)c4F)C4(c5ncc(C)o5)CC4)CCC23)C[C@@H](O)C[C@@H]1O. The van der Waals surface area contributed by atoms with Crippen LogP contribution in [0.3, 0.4) is 0 Å². The van der Waals surface area contributed by atoms with Crippen LogP contribution in [0.2, 0.25) is 0 Å². The molecule has 4 fully saturated rings. The van der Waals surface area contributed by atoms with Crippen LogP contribution < -0.4 is 5.32 Å². The number of carbonyl (C=O) groups is 1. The van der Waals surface area contributed by atoms with Crippen molar-refractivity contribution < 1.29 is 46.1 Å². The van der Waals surface area contributed by atoms with Gasteiger partial charge in [-0.25, -0.2) is 31.7 Å². The number of aryl methyl sites for hydroxylation is 1. The molecule has 0 spiro atoms. The molecule has 1 heterocycles. The summed E-state index contributed by atoms with van der Waals surface area (Å²) in [5, 5.41) is 22.2. The number of oxazole rings is 1. The van der Waals surface area contributed by atoms with Crippen LogP contribution in [-0.2, 0) is 10.2 Å². The second-order valence-electron chi connectivity index (χ2n) is 14.6. The molecule has 266 valence electrons. The van der Waals surface area contributed by atoms with Crippen LogP contribution in [0.5, 0.6) is 0 Å². The Morgan fingerprint density at radius 3 is 2.45 bits per heavy atom. The molecule has 3 N–H and O–H groups in total. The predicted molar refractivity (Wildman–Crippen MR) is 171 cm³/mol. The maximum absolute atomic E-state index is 14.3. The van der Waals surface area contributed by atoms with E-state index in [2.05, 4.69) is 24.6 Å². The normalized spacial score (nSPS) is 30.0. The van der Waals surface area contributed by atoms with Gasteiger partial charge in [-0.2, -0.15) is 0 Å². The maximum Gasteiger partial charge on any atom is 0.412 e. The van der Waals surface area contributed by atoms with E-state index in [0.717, 1.165) is 44.1 Å². The highest BCUT2D eigenvalue weighted by Gasteiger charge is 2.57. The van der Waals surface area contributed by atoms with Crippen molar-refractivity contribution in [3.05, 3.63) is 82.4 Å². The summed E-state index contributed by atoms with van der Waals surface area (Å²) < 4.78 is 81.3. The van der Waals surface area contributed by atoms with Gasteiger partial charge in [0.25, 0.3) is 0 Å². The van der Waals surface area contributed by atoms with E-state index in [1.807, 2.05) is 6.08 Å². The predicted octanol–water partition coefficient (Wildman–Crippen LogP) is 8.64. The molecular weight excluding hydrogens is 647 g/mol. The van der Waals surface area contributed by atoms with Crippen molar-refractivity contribution in [1.82, 2.24) is 4.98 Å². The van der Waals surface area contributed by atoms with Crippen LogP contribution in [0.4, 0.5) is 32.4 Å². The number of halogens is 5. The Hall–Kier alpha value is -3.51. The van der Waals surface area contributed by atoms with E-state index in [0.29, 0.717) is 67.6 Å². The summed E-state index contributed by atoms with van der Waals surface area (Å²) in [5.41, 5.74) is 0.735. The highest BCUT2D eigenvalue weighted by Crippen LogP contribution is 2.59. The number of anilines is 1. The molecule has 0 radical (unpaired) electrons. The maximum atomic E-state index is 14.3. The summed E-state index contributed by atoms with van der Waals surface area (Å²) in [6, 6.07) is 0. The smallest absolute Gasteiger partial charge is 0.412 e. The van der Waals surface area contributed by atoms with E-state index in [1.54, 1.807) is 18.4 Å². The molecule has 12 heteroatoms. The number of rotatable bonds is 9. The topological polar surface area (TPSA) is 105 Å². The highest BCUT2D eigenvalue weighted by molar-refractivity contribution is 5.85. The lowest BCUT2D eigenvalue weighted by Gasteiger charge is -2.42. The van der Waals surface area contributed by atoms with Gasteiger partial charge in [0, 0.05) is 6.42 Å². The summed E-state index contributed by atoms with van der Waals surface area (Å²) >= 11 is 0. The second kappa shape index (κ2) is 13.7. The number of nitrogens with one attached hydrogen (secondary N) is 1. The molecule has 1 aromatic heterocycles. The first-order chi connectivity index (χ1) is 23.2. The van der Waals surface area contributed by atoms with Gasteiger partial charge in [-0.05, 0) is 106 Å². The minimum absolute atomic E-state index is 0.0572. The minimum Gasteiger partial charge on any atom is -0.445 e. The van der Waals surface area contributed by atoms with E-state index in [4.69, 9.17) is 9.15 Å². The van der Waals surface area contributed by atoms with E-state index in [1.165, 1.54) is 5.57 Å². The third kappa shape index (κ3) is 6.70. The second-order valence-corrected chi connectivity index (χ2v) is 14.6. The zero-order valence-electron chi connectivity index (χ0n) is 27.8. The Labute approximate surface area is 282 Å². The molecule has 6 rings (SSSR count). The Bertz CT molecular complexity index is 1650. The summed E-state index contributed by atoms with van der Waals surface area (Å²) in [7, 11) is 0. The van der Waals surface area contributed by atoms with Gasteiger partial charge >= 0.3 is 6.09 Å². The number of hydrogen-bond donors (Lipinski definition) is 3. The first kappa shape index (κ1) is 35.3. The quantitative estimate of drug-likeness (QED) is 0.138. The summed E-state index contributed by atoms with van der Waals surface area (Å²) in [4.78, 5) is 17.3. The zero-order chi connectivity index (χ0) is 35.2. The van der Waals surface area contributed by atoms with Crippen molar-refractivity contribution in [2.45, 2.75) is 115 Å². The summed E-state index contributed by atoms with van der Waals surface area (Å²) in [6.45, 7) is 8.11. The number of carbonyl (C=O) groups excluding carboxylic acids is 1. The van der Waals surface area contributed by atoms with Gasteiger partial charge in [0.15, 0.2) is 23.3 Å². The molecule has 4 aliphatic rings. The number of aliphatic hydroxyl groups is 2. The van der Waals surface area contributed by atoms with Crippen molar-refractivity contribution >= 4 is 11.8 Å². The lowest BCUT2D eigenvalue weighted by Crippen LogP contribution is -2.35. The summed E-state index contributed by atoms with van der Waals surface area (Å²) in [5.74, 6) is -9.25. The standard InChI is InChI=1S/C37H43F5N2O5/c1-19-18-43-34(48-19)37(14-15-37)27(49-35(47)44-33-31(41)29(39)28(38)30(40)32(33)42)8-4-7-23-11-12-25-21(6-5-13-36(23,25)3)9-10-22-16-24(45)17-26(46)20(22)2/h9-10,18,23-27,45-46H,2,4-8,11-17H2,1,3H3,(H,44,47)/b21-9+,22-10-/t23?,24-,25?,26+,27?,36?/m1/s1. The number of hydrogen-bond acceptors (Lipinski definition) is 6. The minimum atomic E-state index is -2.32. The van der Waals surface area contributed by atoms with Crippen molar-refractivity contribution in [2.24, 2.45) is 17.3 Å². The zero-order valence-corrected chi connectivity index (χ0v) is 27.8. The molecule has 0 saturated heterocycles. The Kier molecular flexibility index (Phi) is 9.85. The molecule has 7 nitrogen and oxygen atoms in total. The van der Waals surface area contributed by atoms with Crippen LogP contribution >= 0.6 is 0 Å². The molecule has 4 aliphatic carbocycles. The average Bonchev–Trinajstić information content (AvgIpc) is 3.64. The van der Waals surface area contributed by atoms with Gasteiger partial charge in [0.1, 0.15) is 17.6 Å². The van der Waals surface area contributed by atoms with Crippen LogP contribution in [0.1, 0.15) is 95.6 Å². The summed E-state index contributed by atoms with van der Waals surface area (Å²) in [6.07, 6.45) is 11.2. The van der Waals surface area contributed by atoms with E-state index >= 15 is 0 Å². The van der Waals surface area contributed by atoms with Gasteiger partial charge in [0.2, 0.25) is 11.7 Å². The van der Waals surface area contributed by atoms with Gasteiger partial charge in [-0.3, -0.25) is 5.32 Å². The Morgan fingerprint density at radius 1 is 1.10 bits per heavy atom. The number of fused-ring (bicyclic) bond motifs is 1. The van der Waals surface area contributed by atoms with Crippen molar-refractivity contribution in [3.63, 3.8) is 0 Å². The number of nitrogens with zero attached hydrogens (tertiary/aromatic N) is 1. The van der Waals surface area contributed by atoms with E-state index in [-0.39, 0.29) is 5.41 Å². The molecule has 4 saturated carbocycles. The molecular formula is C37H43F5N2O5. The third-order valence-electron chi connectivity index (χ3n) is 11.6. The molecule has 1 amide bonds. The van der Waals surface area contributed by atoms with Crippen LogP contribution in [-0.4, -0.2) is 39.6 Å². The van der Waals surface area contributed by atoms with E-state index < -0.39 is 64.6 Å². The number of aromatic nitrogens is 1. The van der Waals surface area contributed by atoms with Crippen LogP contribution in [0, 0.1) is 53.3 Å². The number of amides is 1. The fraction of sp³-hybridized carbons (Fsp3) is 0.568. The van der Waals surface area contributed by atoms with Crippen molar-refractivity contribution in [2.75, 3.05) is 5.32 Å². The Balaban J connectivity index is 1.15. The lowest BCUT2D eigenvalue weighted by molar-refractivity contribution is 0.0655. The number of aliphatic hydroxyl groups excluding tert-OH is 2. The average molecular weight is 691 g/mol. The molecule has 0 aliphatic heterocycles. The largest absolute Gasteiger partial charge is 0.445 e. The fourth-order valence-electron chi connectivity index (χ4n) is 8.65. The Morgan fingerprint density at radius 2 is 1.80 bits per heavy atom. The van der Waals surface area contributed by atoms with Crippen molar-refractivity contribution in [3.8, 4) is 0 Å². The lowest BCUT2D eigenvalue weighted by atomic mass is 9.62. The molecule has 2 aromatic rings. The molecule has 4 unspecified atom stereocenters. The highest BCUT2D eigenvalue weighted by atomic mass is 19.2. The van der Waals surface area contributed by atoms with Gasteiger partial charge < -0.3 is 19.4 Å². The number of allylic oxidation sites excluding steroid dienone is 3. The first-order valence-electron chi connectivity index (χ1n) is 17.1. The monoisotopic (exact) mass is 690 g/mol. The first-order valence-corrected chi connectivity index (χ1v) is 17.1. The van der Waals surface area contributed by atoms with Gasteiger partial charge in [-0.15, -0.1) is 0 Å². The van der Waals surface area contributed by atoms with Crippen LogP contribution in [0.25, 0.3) is 0 Å². The molecule has 1 aromatic carbocycles. The molecule has 6 atom stereocenters. The number of ether oxygens (including phenoxy) is 1. The van der Waals surface area contributed by atoms with Crippen molar-refractivity contribution in [1.29, 1.82) is 0 Å². The van der Waals surface area contributed by atoms with Gasteiger partial charge in [-0.1, -0.05) is 31.2 Å². The van der Waals surface area contributed by atoms with Crippen LogP contribution in [0.15, 0.2) is 46.1 Å².